The van der Waals surface area contributed by atoms with E-state index in [1.165, 1.54) is 0 Å². The van der Waals surface area contributed by atoms with Crippen LogP contribution in [0, 0.1) is 0 Å². The molecule has 1 heterocycles. The lowest BCUT2D eigenvalue weighted by Gasteiger charge is -2.33. The highest BCUT2D eigenvalue weighted by molar-refractivity contribution is 4.85. The van der Waals surface area contributed by atoms with Crippen molar-refractivity contribution in [2.75, 3.05) is 19.8 Å². The Morgan fingerprint density at radius 2 is 2.22 bits per heavy atom. The molecule has 0 bridgehead atoms. The molecule has 0 aliphatic carbocycles. The number of ether oxygens (including phenoxy) is 1. The molecule has 1 aliphatic heterocycles. The van der Waals surface area contributed by atoms with Gasteiger partial charge in [0.15, 0.2) is 5.67 Å². The van der Waals surface area contributed by atoms with Crippen LogP contribution < -0.4 is 0 Å². The van der Waals surface area contributed by atoms with E-state index in [1.807, 2.05) is 0 Å². The molecule has 0 amide bonds. The van der Waals surface area contributed by atoms with Gasteiger partial charge in [0.05, 0.1) is 13.2 Å². The third-order valence-corrected chi connectivity index (χ3v) is 1.50. The smallest absolute Gasteiger partial charge is 0.157 e. The van der Waals surface area contributed by atoms with Gasteiger partial charge in [0, 0.05) is 6.61 Å². The average molecular weight is 134 g/mol. The molecule has 0 aromatic rings. The van der Waals surface area contributed by atoms with E-state index in [1.54, 1.807) is 0 Å². The fourth-order valence-corrected chi connectivity index (χ4v) is 0.864. The fourth-order valence-electron chi connectivity index (χ4n) is 0.864. The molecule has 0 aromatic carbocycles. The van der Waals surface area contributed by atoms with E-state index < -0.39 is 5.67 Å². The third-order valence-electron chi connectivity index (χ3n) is 1.50. The van der Waals surface area contributed by atoms with Gasteiger partial charge in [-0.3, -0.25) is 0 Å². The van der Waals surface area contributed by atoms with E-state index in [-0.39, 0.29) is 19.8 Å². The van der Waals surface area contributed by atoms with E-state index in [4.69, 9.17) is 5.11 Å². The van der Waals surface area contributed by atoms with E-state index >= 15 is 0 Å². The van der Waals surface area contributed by atoms with Gasteiger partial charge in [0.2, 0.25) is 0 Å². The summed E-state index contributed by atoms with van der Waals surface area (Å²) in [6.07, 6.45) is 0.976. The molecule has 1 rings (SSSR count). The van der Waals surface area contributed by atoms with Gasteiger partial charge in [-0.2, -0.15) is 0 Å². The summed E-state index contributed by atoms with van der Waals surface area (Å²) in [6, 6.07) is 0. The van der Waals surface area contributed by atoms with Gasteiger partial charge in [0.25, 0.3) is 0 Å². The lowest BCUT2D eigenvalue weighted by Crippen LogP contribution is -2.45. The maximum Gasteiger partial charge on any atom is 0.157 e. The Hall–Kier alpha value is -0.150. The summed E-state index contributed by atoms with van der Waals surface area (Å²) < 4.78 is 17.5. The lowest BCUT2D eigenvalue weighted by molar-refractivity contribution is -0.135. The Kier molecular flexibility index (Phi) is 2.03. The van der Waals surface area contributed by atoms with E-state index in [0.717, 1.165) is 0 Å². The van der Waals surface area contributed by atoms with Crippen LogP contribution in [0.1, 0.15) is 12.8 Å². The molecule has 0 unspecified atom stereocenters. The molecule has 2 nitrogen and oxygen atoms in total. The zero-order valence-corrected chi connectivity index (χ0v) is 5.27. The zero-order chi connectivity index (χ0) is 6.74. The second-order valence-electron chi connectivity index (χ2n) is 2.47. The van der Waals surface area contributed by atoms with Gasteiger partial charge >= 0.3 is 0 Å². The highest BCUT2D eigenvalue weighted by Crippen LogP contribution is 2.26. The second-order valence-corrected chi connectivity index (χ2v) is 2.47. The predicted molar refractivity (Wildman–Crippen MR) is 31.0 cm³/mol. The van der Waals surface area contributed by atoms with Crippen molar-refractivity contribution in [2.45, 2.75) is 18.5 Å². The topological polar surface area (TPSA) is 29.5 Å². The first-order chi connectivity index (χ1) is 4.27. The van der Waals surface area contributed by atoms with Crippen molar-refractivity contribution in [3.8, 4) is 0 Å². The van der Waals surface area contributed by atoms with Crippen LogP contribution in [0.3, 0.4) is 0 Å². The molecule has 0 spiro atoms. The molecule has 0 saturated carbocycles. The summed E-state index contributed by atoms with van der Waals surface area (Å²) in [5, 5.41) is 8.34. The molecule has 9 heavy (non-hydrogen) atoms. The second kappa shape index (κ2) is 2.62. The van der Waals surface area contributed by atoms with Crippen LogP contribution in [-0.2, 0) is 4.74 Å². The number of halogens is 1. The van der Waals surface area contributed by atoms with Crippen LogP contribution in [0.2, 0.25) is 0 Å². The first kappa shape index (κ1) is 6.96. The fraction of sp³-hybridized carbons (Fsp3) is 1.00. The molecule has 1 aliphatic rings. The van der Waals surface area contributed by atoms with Gasteiger partial charge in [-0.1, -0.05) is 0 Å². The van der Waals surface area contributed by atoms with Crippen molar-refractivity contribution >= 4 is 0 Å². The molecule has 1 saturated heterocycles. The van der Waals surface area contributed by atoms with Gasteiger partial charge in [-0.25, -0.2) is 4.39 Å². The SMILES string of the molecule is OCCCC1(F)COC1. The monoisotopic (exact) mass is 134 g/mol. The normalized spacial score (nSPS) is 23.3. The summed E-state index contributed by atoms with van der Waals surface area (Å²) in [6.45, 7) is 0.506. The van der Waals surface area contributed by atoms with Crippen molar-refractivity contribution < 1.29 is 14.2 Å². The number of hydrogen-bond donors (Lipinski definition) is 1. The maximum atomic E-state index is 12.9. The molecule has 1 N–H and O–H groups in total. The van der Waals surface area contributed by atoms with E-state index in [9.17, 15) is 4.39 Å². The molecule has 3 heteroatoms. The van der Waals surface area contributed by atoms with Crippen LogP contribution in [0.5, 0.6) is 0 Å². The van der Waals surface area contributed by atoms with Gasteiger partial charge < -0.3 is 9.84 Å². The molecule has 0 radical (unpaired) electrons. The molecular formula is C6H11FO2. The van der Waals surface area contributed by atoms with Crippen LogP contribution in [0.25, 0.3) is 0 Å². The summed E-state index contributed by atoms with van der Waals surface area (Å²) >= 11 is 0. The van der Waals surface area contributed by atoms with Crippen LogP contribution in [0.15, 0.2) is 0 Å². The average Bonchev–Trinajstić information content (AvgIpc) is 1.79. The van der Waals surface area contributed by atoms with E-state index in [0.29, 0.717) is 12.8 Å². The Morgan fingerprint density at radius 3 is 2.56 bits per heavy atom. The Balaban J connectivity index is 2.09. The predicted octanol–water partition coefficient (Wildman–Crippen LogP) is 0.497. The van der Waals surface area contributed by atoms with Crippen molar-refractivity contribution in [3.63, 3.8) is 0 Å². The highest BCUT2D eigenvalue weighted by Gasteiger charge is 2.37. The molecule has 0 atom stereocenters. The van der Waals surface area contributed by atoms with Crippen LogP contribution in [-0.4, -0.2) is 30.6 Å². The van der Waals surface area contributed by atoms with Gasteiger partial charge in [-0.15, -0.1) is 0 Å². The first-order valence-electron chi connectivity index (χ1n) is 3.14. The summed E-state index contributed by atoms with van der Waals surface area (Å²) in [5.74, 6) is 0. The van der Waals surface area contributed by atoms with Crippen molar-refractivity contribution in [1.29, 1.82) is 0 Å². The summed E-state index contributed by atoms with van der Waals surface area (Å²) in [5.41, 5.74) is -1.11. The zero-order valence-electron chi connectivity index (χ0n) is 5.27. The standard InChI is InChI=1S/C6H11FO2/c7-6(2-1-3-8)4-9-5-6/h8H,1-5H2. The van der Waals surface area contributed by atoms with E-state index in [2.05, 4.69) is 4.74 Å². The van der Waals surface area contributed by atoms with Crippen LogP contribution >= 0.6 is 0 Å². The summed E-state index contributed by atoms with van der Waals surface area (Å²) in [4.78, 5) is 0. The third kappa shape index (κ3) is 1.63. The highest BCUT2D eigenvalue weighted by atomic mass is 19.1. The lowest BCUT2D eigenvalue weighted by atomic mass is 9.98. The van der Waals surface area contributed by atoms with Crippen molar-refractivity contribution in [3.05, 3.63) is 0 Å². The van der Waals surface area contributed by atoms with Gasteiger partial charge in [-0.05, 0) is 12.8 Å². The number of aliphatic hydroxyl groups excluding tert-OH is 1. The van der Waals surface area contributed by atoms with Crippen LogP contribution in [0.4, 0.5) is 4.39 Å². The first-order valence-corrected chi connectivity index (χ1v) is 3.14. The molecular weight excluding hydrogens is 123 g/mol. The number of rotatable bonds is 3. The number of aliphatic hydroxyl groups is 1. The molecule has 54 valence electrons. The van der Waals surface area contributed by atoms with Crippen molar-refractivity contribution in [1.82, 2.24) is 0 Å². The Labute approximate surface area is 53.6 Å². The minimum atomic E-state index is -1.11. The Morgan fingerprint density at radius 1 is 1.56 bits per heavy atom. The minimum Gasteiger partial charge on any atom is -0.396 e. The van der Waals surface area contributed by atoms with Crippen molar-refractivity contribution in [2.24, 2.45) is 0 Å². The molecule has 1 fully saturated rings. The minimum absolute atomic E-state index is 0.0751. The summed E-state index contributed by atoms with van der Waals surface area (Å²) in [7, 11) is 0. The van der Waals surface area contributed by atoms with Gasteiger partial charge in [0.1, 0.15) is 0 Å². The number of alkyl halides is 1. The maximum absolute atomic E-state index is 12.9. The molecule has 0 aromatic heterocycles. The quantitative estimate of drug-likeness (QED) is 0.609. The Bertz CT molecular complexity index is 91.1. The number of hydrogen-bond acceptors (Lipinski definition) is 2. The largest absolute Gasteiger partial charge is 0.396 e.